The molecule has 0 saturated carbocycles. The molecule has 0 aromatic carbocycles. The van der Waals surface area contributed by atoms with E-state index < -0.39 is 9.05 Å². The number of halogens is 1. The number of ether oxygens (including phenoxy) is 1. The summed E-state index contributed by atoms with van der Waals surface area (Å²) >= 11 is 0. The Morgan fingerprint density at radius 1 is 1.58 bits per heavy atom. The van der Waals surface area contributed by atoms with Gasteiger partial charge in [0.1, 0.15) is 10.6 Å². The van der Waals surface area contributed by atoms with Crippen molar-refractivity contribution in [2.75, 3.05) is 13.2 Å². The number of carbonyl (C=O) groups excluding carboxylic acids is 1. The monoisotopic (exact) mass is 306 g/mol. The van der Waals surface area contributed by atoms with E-state index >= 15 is 0 Å². The molecule has 2 heterocycles. The fraction of sp³-hybridized carbons (Fsp3) is 0.545. The van der Waals surface area contributed by atoms with E-state index in [0.29, 0.717) is 13.2 Å². The standard InChI is InChI=1S/C11H15ClN2O4S/c1-7-6-18-3-2-9(7)14-11(15)10-4-8(5-13-10)19(12,16)17/h4-5,7,9,13H,2-3,6H2,1H3,(H,14,15). The van der Waals surface area contributed by atoms with Gasteiger partial charge in [-0.2, -0.15) is 0 Å². The predicted molar refractivity (Wildman–Crippen MR) is 69.7 cm³/mol. The molecule has 0 radical (unpaired) electrons. The molecule has 106 valence electrons. The molecule has 1 aromatic heterocycles. The minimum Gasteiger partial charge on any atom is -0.381 e. The second-order valence-electron chi connectivity index (χ2n) is 4.61. The number of carbonyl (C=O) groups is 1. The molecular weight excluding hydrogens is 292 g/mol. The minimum absolute atomic E-state index is 0.0283. The number of aromatic amines is 1. The molecule has 1 fully saturated rings. The molecule has 6 nitrogen and oxygen atoms in total. The van der Waals surface area contributed by atoms with Crippen LogP contribution >= 0.6 is 10.7 Å². The third kappa shape index (κ3) is 3.49. The first-order valence-electron chi connectivity index (χ1n) is 5.89. The van der Waals surface area contributed by atoms with Gasteiger partial charge in [-0.1, -0.05) is 6.92 Å². The first-order chi connectivity index (χ1) is 8.88. The molecule has 2 atom stereocenters. The number of hydrogen-bond acceptors (Lipinski definition) is 4. The number of aromatic nitrogens is 1. The zero-order valence-corrected chi connectivity index (χ0v) is 11.9. The van der Waals surface area contributed by atoms with E-state index in [2.05, 4.69) is 10.3 Å². The molecule has 1 aromatic rings. The van der Waals surface area contributed by atoms with E-state index in [9.17, 15) is 13.2 Å². The topological polar surface area (TPSA) is 88.3 Å². The zero-order valence-electron chi connectivity index (χ0n) is 10.3. The summed E-state index contributed by atoms with van der Waals surface area (Å²) in [5.74, 6) is -0.116. The average molecular weight is 307 g/mol. The lowest BCUT2D eigenvalue weighted by Gasteiger charge is -2.29. The van der Waals surface area contributed by atoms with E-state index in [0.717, 1.165) is 6.42 Å². The Morgan fingerprint density at radius 2 is 2.32 bits per heavy atom. The van der Waals surface area contributed by atoms with Crippen molar-refractivity contribution in [3.05, 3.63) is 18.0 Å². The lowest BCUT2D eigenvalue weighted by molar-refractivity contribution is 0.0374. The van der Waals surface area contributed by atoms with Gasteiger partial charge in [0.25, 0.3) is 15.0 Å². The number of H-pyrrole nitrogens is 1. The van der Waals surface area contributed by atoms with E-state index in [1.807, 2.05) is 6.92 Å². The van der Waals surface area contributed by atoms with Crippen LogP contribution in [0, 0.1) is 5.92 Å². The van der Waals surface area contributed by atoms with E-state index in [-0.39, 0.29) is 28.5 Å². The van der Waals surface area contributed by atoms with Gasteiger partial charge in [-0.25, -0.2) is 8.42 Å². The van der Waals surface area contributed by atoms with Crippen molar-refractivity contribution in [1.29, 1.82) is 0 Å². The number of hydrogen-bond donors (Lipinski definition) is 2. The van der Waals surface area contributed by atoms with Crippen molar-refractivity contribution >= 4 is 25.6 Å². The highest BCUT2D eigenvalue weighted by Gasteiger charge is 2.25. The van der Waals surface area contributed by atoms with E-state index in [4.69, 9.17) is 15.4 Å². The minimum atomic E-state index is -3.82. The second-order valence-corrected chi connectivity index (χ2v) is 7.17. The third-order valence-corrected chi connectivity index (χ3v) is 4.47. The normalized spacial score (nSPS) is 24.1. The molecule has 0 bridgehead atoms. The summed E-state index contributed by atoms with van der Waals surface area (Å²) in [5, 5.41) is 2.86. The van der Waals surface area contributed by atoms with Crippen LogP contribution in [-0.2, 0) is 13.8 Å². The Hall–Kier alpha value is -1.05. The van der Waals surface area contributed by atoms with Gasteiger partial charge in [-0.05, 0) is 18.4 Å². The summed E-state index contributed by atoms with van der Waals surface area (Å²) < 4.78 is 27.5. The molecule has 0 spiro atoms. The van der Waals surface area contributed by atoms with Crippen molar-refractivity contribution in [2.24, 2.45) is 5.92 Å². The van der Waals surface area contributed by atoms with Gasteiger partial charge in [-0.15, -0.1) is 0 Å². The maximum absolute atomic E-state index is 12.0. The maximum atomic E-state index is 12.0. The van der Waals surface area contributed by atoms with Crippen LogP contribution in [0.4, 0.5) is 0 Å². The van der Waals surface area contributed by atoms with Crippen LogP contribution in [0.1, 0.15) is 23.8 Å². The Bertz CT molecular complexity index is 569. The smallest absolute Gasteiger partial charge is 0.267 e. The highest BCUT2D eigenvalue weighted by molar-refractivity contribution is 8.13. The molecule has 2 rings (SSSR count). The van der Waals surface area contributed by atoms with E-state index in [1.54, 1.807) is 0 Å². The lowest BCUT2D eigenvalue weighted by Crippen LogP contribution is -2.44. The first kappa shape index (κ1) is 14.4. The summed E-state index contributed by atoms with van der Waals surface area (Å²) in [5.41, 5.74) is 0.179. The summed E-state index contributed by atoms with van der Waals surface area (Å²) in [6.07, 6.45) is 1.94. The summed E-state index contributed by atoms with van der Waals surface area (Å²) in [6, 6.07) is 1.25. The largest absolute Gasteiger partial charge is 0.381 e. The van der Waals surface area contributed by atoms with Crippen molar-refractivity contribution in [1.82, 2.24) is 10.3 Å². The van der Waals surface area contributed by atoms with Crippen LogP contribution in [0.3, 0.4) is 0 Å². The Balaban J connectivity index is 2.06. The van der Waals surface area contributed by atoms with Crippen LogP contribution in [0.2, 0.25) is 0 Å². The van der Waals surface area contributed by atoms with Crippen LogP contribution in [0.25, 0.3) is 0 Å². The Kier molecular flexibility index (Phi) is 4.17. The van der Waals surface area contributed by atoms with Gasteiger partial charge in [-0.3, -0.25) is 4.79 Å². The Morgan fingerprint density at radius 3 is 2.89 bits per heavy atom. The lowest BCUT2D eigenvalue weighted by atomic mass is 9.98. The third-order valence-electron chi connectivity index (χ3n) is 3.14. The summed E-state index contributed by atoms with van der Waals surface area (Å²) in [7, 11) is 1.38. The highest BCUT2D eigenvalue weighted by atomic mass is 35.7. The van der Waals surface area contributed by atoms with Crippen LogP contribution < -0.4 is 5.32 Å². The summed E-state index contributed by atoms with van der Waals surface area (Å²) in [4.78, 5) is 14.5. The molecule has 19 heavy (non-hydrogen) atoms. The Labute approximate surface area is 115 Å². The molecule has 8 heteroatoms. The van der Waals surface area contributed by atoms with Gasteiger partial charge < -0.3 is 15.0 Å². The molecule has 2 N–H and O–H groups in total. The van der Waals surface area contributed by atoms with Crippen molar-refractivity contribution in [3.63, 3.8) is 0 Å². The highest BCUT2D eigenvalue weighted by Crippen LogP contribution is 2.17. The number of rotatable bonds is 3. The number of amides is 1. The second kappa shape index (κ2) is 5.52. The fourth-order valence-corrected chi connectivity index (χ4v) is 2.71. The first-order valence-corrected chi connectivity index (χ1v) is 8.20. The van der Waals surface area contributed by atoms with Crippen molar-refractivity contribution < 1.29 is 17.9 Å². The average Bonchev–Trinajstić information content (AvgIpc) is 2.81. The molecule has 1 aliphatic rings. The van der Waals surface area contributed by atoms with Gasteiger partial charge in [0.05, 0.1) is 6.61 Å². The molecular formula is C11H15ClN2O4S. The summed E-state index contributed by atoms with van der Waals surface area (Å²) in [6.45, 7) is 3.21. The quantitative estimate of drug-likeness (QED) is 0.818. The molecule has 1 amide bonds. The molecule has 1 aliphatic heterocycles. The van der Waals surface area contributed by atoms with Crippen LogP contribution in [0.15, 0.2) is 17.2 Å². The predicted octanol–water partition coefficient (Wildman–Crippen LogP) is 1.10. The van der Waals surface area contributed by atoms with Crippen LogP contribution in [0.5, 0.6) is 0 Å². The van der Waals surface area contributed by atoms with Crippen molar-refractivity contribution in [2.45, 2.75) is 24.3 Å². The van der Waals surface area contributed by atoms with E-state index in [1.165, 1.54) is 12.3 Å². The maximum Gasteiger partial charge on any atom is 0.267 e. The molecule has 2 unspecified atom stereocenters. The number of nitrogens with one attached hydrogen (secondary N) is 2. The SMILES string of the molecule is CC1COCCC1NC(=O)c1cc(S(=O)(=O)Cl)c[nH]1. The zero-order chi connectivity index (χ0) is 14.0. The van der Waals surface area contributed by atoms with Crippen molar-refractivity contribution in [3.8, 4) is 0 Å². The van der Waals surface area contributed by atoms with Gasteiger partial charge in [0.15, 0.2) is 0 Å². The molecule has 0 aliphatic carbocycles. The van der Waals surface area contributed by atoms with Gasteiger partial charge in [0.2, 0.25) is 0 Å². The molecule has 1 saturated heterocycles. The van der Waals surface area contributed by atoms with Crippen LogP contribution in [-0.4, -0.2) is 38.6 Å². The van der Waals surface area contributed by atoms with Gasteiger partial charge >= 0.3 is 0 Å². The van der Waals surface area contributed by atoms with Gasteiger partial charge in [0, 0.05) is 29.5 Å². The fourth-order valence-electron chi connectivity index (χ4n) is 1.99.